The number of allylic oxidation sites excluding steroid dienone is 2. The number of carboxylic acid groups (broad SMARTS) is 1. The maximum absolute atomic E-state index is 11.4. The maximum Gasteiger partial charge on any atom is 0.326 e. The van der Waals surface area contributed by atoms with E-state index in [0.29, 0.717) is 12.1 Å². The van der Waals surface area contributed by atoms with Gasteiger partial charge >= 0.3 is 5.97 Å². The Balaban J connectivity index is 2.19. The molecule has 6 heteroatoms. The quantitative estimate of drug-likeness (QED) is 0.491. The minimum atomic E-state index is -0.968. The van der Waals surface area contributed by atoms with E-state index < -0.39 is 16.9 Å². The van der Waals surface area contributed by atoms with Gasteiger partial charge in [0.25, 0.3) is 5.69 Å². The Hall–Kier alpha value is -2.37. The van der Waals surface area contributed by atoms with Gasteiger partial charge in [-0.1, -0.05) is 18.2 Å². The molecule has 0 spiro atoms. The topological polar surface area (TPSA) is 92.5 Å². The van der Waals surface area contributed by atoms with Crippen LogP contribution in [0.15, 0.2) is 24.3 Å². The zero-order valence-electron chi connectivity index (χ0n) is 10.9. The molecule has 2 N–H and O–H groups in total. The van der Waals surface area contributed by atoms with E-state index in [1.54, 1.807) is 0 Å². The van der Waals surface area contributed by atoms with Crippen LogP contribution in [0.5, 0.6) is 0 Å². The maximum atomic E-state index is 11.4. The minimum Gasteiger partial charge on any atom is -0.480 e. The zero-order chi connectivity index (χ0) is 14.4. The van der Waals surface area contributed by atoms with E-state index in [2.05, 4.69) is 5.32 Å². The van der Waals surface area contributed by atoms with Crippen molar-refractivity contribution in [3.05, 3.63) is 45.5 Å². The molecule has 2 aliphatic rings. The van der Waals surface area contributed by atoms with Crippen LogP contribution in [-0.2, 0) is 4.79 Å². The molecule has 20 heavy (non-hydrogen) atoms. The predicted octanol–water partition coefficient (Wildman–Crippen LogP) is 2.44. The second-order valence-corrected chi connectivity index (χ2v) is 5.32. The lowest BCUT2D eigenvalue weighted by Gasteiger charge is -2.34. The Labute approximate surface area is 115 Å². The summed E-state index contributed by atoms with van der Waals surface area (Å²) in [6, 6.07) is 2.59. The summed E-state index contributed by atoms with van der Waals surface area (Å²) in [5.41, 5.74) is 1.93. The molecular weight excluding hydrogens is 260 g/mol. The minimum absolute atomic E-state index is 0.0509. The molecule has 0 amide bonds. The number of aryl methyl sites for hydroxylation is 1. The molecule has 0 bridgehead atoms. The molecule has 0 radical (unpaired) electrons. The number of benzene rings is 1. The van der Waals surface area contributed by atoms with E-state index in [0.717, 1.165) is 11.1 Å². The van der Waals surface area contributed by atoms with Gasteiger partial charge < -0.3 is 10.4 Å². The van der Waals surface area contributed by atoms with E-state index in [9.17, 15) is 20.0 Å². The number of nitro benzene ring substituents is 1. The third-order valence-electron chi connectivity index (χ3n) is 4.06. The molecule has 1 aliphatic carbocycles. The Morgan fingerprint density at radius 3 is 2.90 bits per heavy atom. The molecular formula is C14H14N2O4. The molecule has 104 valence electrons. The molecule has 1 aromatic carbocycles. The summed E-state index contributed by atoms with van der Waals surface area (Å²) in [5.74, 6) is -1.11. The van der Waals surface area contributed by atoms with Crippen molar-refractivity contribution in [1.82, 2.24) is 0 Å². The monoisotopic (exact) mass is 274 g/mol. The summed E-state index contributed by atoms with van der Waals surface area (Å²) in [5, 5.41) is 23.4. The number of carbonyl (C=O) groups is 1. The van der Waals surface area contributed by atoms with E-state index in [1.165, 1.54) is 6.07 Å². The van der Waals surface area contributed by atoms with Crippen molar-refractivity contribution in [2.75, 3.05) is 5.32 Å². The molecule has 0 unspecified atom stereocenters. The van der Waals surface area contributed by atoms with Crippen LogP contribution < -0.4 is 5.32 Å². The van der Waals surface area contributed by atoms with Crippen LogP contribution in [-0.4, -0.2) is 22.0 Å². The standard InChI is InChI=1S/C14H14N2O4/c1-7-5-10-8-3-2-4-9(8)13(14(17)18)15-12(10)11(6-7)16(19)20/h2-3,5-6,8-9,13,15H,4H2,1H3,(H,17,18)/t8-,9-,13+/m0/s1. The van der Waals surface area contributed by atoms with Crippen molar-refractivity contribution in [1.29, 1.82) is 0 Å². The van der Waals surface area contributed by atoms with Gasteiger partial charge in [-0.3, -0.25) is 10.1 Å². The number of rotatable bonds is 2. The van der Waals surface area contributed by atoms with E-state index >= 15 is 0 Å². The molecule has 6 nitrogen and oxygen atoms in total. The third-order valence-corrected chi connectivity index (χ3v) is 4.06. The highest BCUT2D eigenvalue weighted by atomic mass is 16.6. The SMILES string of the molecule is Cc1cc2c(c([N+](=O)[O-])c1)N[C@@H](C(=O)O)[C@H]1CC=C[C@H]21. The second kappa shape index (κ2) is 4.33. The van der Waals surface area contributed by atoms with Crippen LogP contribution in [0.1, 0.15) is 23.5 Å². The van der Waals surface area contributed by atoms with Crippen LogP contribution in [0.3, 0.4) is 0 Å². The van der Waals surface area contributed by atoms with Gasteiger partial charge in [0.05, 0.1) is 4.92 Å². The lowest BCUT2D eigenvalue weighted by atomic mass is 9.78. The van der Waals surface area contributed by atoms with Crippen LogP contribution in [0.4, 0.5) is 11.4 Å². The Bertz CT molecular complexity index is 638. The molecule has 0 fully saturated rings. The largest absolute Gasteiger partial charge is 0.480 e. The number of hydrogen-bond donors (Lipinski definition) is 2. The highest BCUT2D eigenvalue weighted by Gasteiger charge is 2.43. The average Bonchev–Trinajstić information content (AvgIpc) is 2.85. The molecule has 3 atom stereocenters. The number of nitrogens with one attached hydrogen (secondary N) is 1. The van der Waals surface area contributed by atoms with Gasteiger partial charge in [-0.05, 0) is 24.5 Å². The average molecular weight is 274 g/mol. The summed E-state index contributed by atoms with van der Waals surface area (Å²) in [6.07, 6.45) is 4.59. The van der Waals surface area contributed by atoms with Crippen molar-refractivity contribution in [3.63, 3.8) is 0 Å². The number of carboxylic acids is 1. The lowest BCUT2D eigenvalue weighted by Crippen LogP contribution is -2.42. The van der Waals surface area contributed by atoms with Crippen molar-refractivity contribution in [3.8, 4) is 0 Å². The predicted molar refractivity (Wildman–Crippen MR) is 72.9 cm³/mol. The number of aliphatic carboxylic acids is 1. The van der Waals surface area contributed by atoms with Gasteiger partial charge in [0, 0.05) is 17.9 Å². The summed E-state index contributed by atoms with van der Waals surface area (Å²) in [4.78, 5) is 22.1. The molecule has 0 aromatic heterocycles. The molecule has 1 heterocycles. The van der Waals surface area contributed by atoms with Crippen LogP contribution >= 0.6 is 0 Å². The number of anilines is 1. The van der Waals surface area contributed by atoms with Crippen LogP contribution in [0.25, 0.3) is 0 Å². The first-order chi connectivity index (χ1) is 9.49. The van der Waals surface area contributed by atoms with E-state index in [4.69, 9.17) is 0 Å². The van der Waals surface area contributed by atoms with E-state index in [-0.39, 0.29) is 17.5 Å². The molecule has 1 aliphatic heterocycles. The van der Waals surface area contributed by atoms with Crippen molar-refractivity contribution >= 4 is 17.3 Å². The number of nitro groups is 1. The molecule has 1 aromatic rings. The van der Waals surface area contributed by atoms with Gasteiger partial charge in [0.1, 0.15) is 11.7 Å². The summed E-state index contributed by atoms with van der Waals surface area (Å²) in [7, 11) is 0. The first-order valence-corrected chi connectivity index (χ1v) is 6.44. The number of hydrogen-bond acceptors (Lipinski definition) is 4. The fourth-order valence-electron chi connectivity index (χ4n) is 3.22. The number of nitrogens with zero attached hydrogens (tertiary/aromatic N) is 1. The second-order valence-electron chi connectivity index (χ2n) is 5.32. The van der Waals surface area contributed by atoms with Crippen molar-refractivity contribution < 1.29 is 14.8 Å². The fourth-order valence-corrected chi connectivity index (χ4v) is 3.22. The summed E-state index contributed by atoms with van der Waals surface area (Å²) < 4.78 is 0. The lowest BCUT2D eigenvalue weighted by molar-refractivity contribution is -0.384. The van der Waals surface area contributed by atoms with Gasteiger partial charge in [0.2, 0.25) is 0 Å². The van der Waals surface area contributed by atoms with Crippen LogP contribution in [0, 0.1) is 23.0 Å². The molecule has 0 saturated heterocycles. The Kier molecular flexibility index (Phi) is 2.74. The fraction of sp³-hybridized carbons (Fsp3) is 0.357. The van der Waals surface area contributed by atoms with E-state index in [1.807, 2.05) is 25.1 Å². The highest BCUT2D eigenvalue weighted by Crippen LogP contribution is 2.47. The first kappa shape index (κ1) is 12.7. The van der Waals surface area contributed by atoms with Gasteiger partial charge in [-0.15, -0.1) is 0 Å². The van der Waals surface area contributed by atoms with Gasteiger partial charge in [0.15, 0.2) is 0 Å². The van der Waals surface area contributed by atoms with Crippen molar-refractivity contribution in [2.24, 2.45) is 5.92 Å². The first-order valence-electron chi connectivity index (χ1n) is 6.44. The molecule has 3 rings (SSSR count). The normalized spacial score (nSPS) is 26.6. The van der Waals surface area contributed by atoms with Crippen molar-refractivity contribution in [2.45, 2.75) is 25.3 Å². The number of fused-ring (bicyclic) bond motifs is 3. The third kappa shape index (κ3) is 1.76. The smallest absolute Gasteiger partial charge is 0.326 e. The van der Waals surface area contributed by atoms with Gasteiger partial charge in [-0.25, -0.2) is 4.79 Å². The highest BCUT2D eigenvalue weighted by molar-refractivity contribution is 5.83. The Morgan fingerprint density at radius 1 is 1.50 bits per heavy atom. The molecule has 0 saturated carbocycles. The Morgan fingerprint density at radius 2 is 2.25 bits per heavy atom. The summed E-state index contributed by atoms with van der Waals surface area (Å²) >= 11 is 0. The van der Waals surface area contributed by atoms with Crippen LogP contribution in [0.2, 0.25) is 0 Å². The van der Waals surface area contributed by atoms with Gasteiger partial charge in [-0.2, -0.15) is 0 Å². The zero-order valence-corrected chi connectivity index (χ0v) is 10.9. The summed E-state index contributed by atoms with van der Waals surface area (Å²) in [6.45, 7) is 1.81.